The van der Waals surface area contributed by atoms with Crippen LogP contribution in [-0.4, -0.2) is 7.05 Å². The third-order valence-corrected chi connectivity index (χ3v) is 4.47. The van der Waals surface area contributed by atoms with Crippen LogP contribution >= 0.6 is 0 Å². The van der Waals surface area contributed by atoms with E-state index in [1.807, 2.05) is 7.05 Å². The molecular formula is C24H25N. The van der Waals surface area contributed by atoms with E-state index in [4.69, 9.17) is 0 Å². The number of nitrogens with one attached hydrogen (secondary N) is 1. The minimum absolute atomic E-state index is 1.17. The molecule has 0 atom stereocenters. The highest BCUT2D eigenvalue weighted by Crippen LogP contribution is 2.40. The van der Waals surface area contributed by atoms with Gasteiger partial charge in [-0.15, -0.1) is 0 Å². The molecule has 3 aromatic carbocycles. The maximum absolute atomic E-state index is 3.44. The Morgan fingerprint density at radius 1 is 0.800 bits per heavy atom. The Hall–Kier alpha value is -2.80. The van der Waals surface area contributed by atoms with Gasteiger partial charge in [0.05, 0.1) is 0 Å². The van der Waals surface area contributed by atoms with E-state index in [1.54, 1.807) is 0 Å². The average Bonchev–Trinajstić information content (AvgIpc) is 2.61. The molecule has 0 radical (unpaired) electrons. The summed E-state index contributed by atoms with van der Waals surface area (Å²) in [5.41, 5.74) is 9.93. The number of hydrogen-bond donors (Lipinski definition) is 1. The Bertz CT molecular complexity index is 919. The molecule has 0 saturated carbocycles. The molecule has 0 unspecified atom stereocenters. The van der Waals surface area contributed by atoms with Crippen LogP contribution in [0.3, 0.4) is 0 Å². The molecule has 0 spiro atoms. The minimum atomic E-state index is 1.17. The topological polar surface area (TPSA) is 12.0 Å². The Labute approximate surface area is 151 Å². The zero-order chi connectivity index (χ0) is 17.8. The highest BCUT2D eigenvalue weighted by molar-refractivity contribution is 5.95. The Balaban J connectivity index is 2.35. The second-order valence-electron chi connectivity index (χ2n) is 6.44. The Morgan fingerprint density at radius 2 is 1.44 bits per heavy atom. The van der Waals surface area contributed by atoms with Crippen LogP contribution in [0.4, 0.5) is 5.69 Å². The lowest BCUT2D eigenvalue weighted by molar-refractivity contribution is 1.43. The van der Waals surface area contributed by atoms with E-state index in [9.17, 15) is 0 Å². The SMILES string of the molecule is C/C=C/c1ccc(-c2cccc(C)c2)c(-c2cccc(C)c2)c1NC. The predicted molar refractivity (Wildman–Crippen MR) is 111 cm³/mol. The van der Waals surface area contributed by atoms with Crippen LogP contribution in [0.25, 0.3) is 28.3 Å². The van der Waals surface area contributed by atoms with Gasteiger partial charge in [-0.2, -0.15) is 0 Å². The number of rotatable bonds is 4. The van der Waals surface area contributed by atoms with E-state index in [-0.39, 0.29) is 0 Å². The van der Waals surface area contributed by atoms with Gasteiger partial charge in [-0.25, -0.2) is 0 Å². The molecule has 0 aliphatic carbocycles. The first kappa shape index (κ1) is 17.0. The fourth-order valence-corrected chi connectivity index (χ4v) is 3.36. The van der Waals surface area contributed by atoms with E-state index in [0.717, 1.165) is 0 Å². The molecule has 0 aliphatic heterocycles. The number of allylic oxidation sites excluding steroid dienone is 1. The second kappa shape index (κ2) is 7.40. The van der Waals surface area contributed by atoms with E-state index in [2.05, 4.69) is 98.9 Å². The fraction of sp³-hybridized carbons (Fsp3) is 0.167. The number of benzene rings is 3. The van der Waals surface area contributed by atoms with Crippen molar-refractivity contribution in [3.8, 4) is 22.3 Å². The van der Waals surface area contributed by atoms with Gasteiger partial charge >= 0.3 is 0 Å². The lowest BCUT2D eigenvalue weighted by Gasteiger charge is -2.19. The standard InChI is InChI=1S/C24H25N/c1-5-8-19-13-14-22(20-11-6-9-17(2)15-20)23(24(19)25-4)21-12-7-10-18(3)16-21/h5-16,25H,1-4H3/b8-5+. The van der Waals surface area contributed by atoms with Gasteiger partial charge in [0.15, 0.2) is 0 Å². The quantitative estimate of drug-likeness (QED) is 0.561. The Kier molecular flexibility index (Phi) is 5.04. The van der Waals surface area contributed by atoms with Gasteiger partial charge in [0.1, 0.15) is 0 Å². The molecule has 0 amide bonds. The largest absolute Gasteiger partial charge is 0.387 e. The van der Waals surface area contributed by atoms with Crippen LogP contribution in [-0.2, 0) is 0 Å². The molecule has 0 heterocycles. The molecular weight excluding hydrogens is 302 g/mol. The van der Waals surface area contributed by atoms with Gasteiger partial charge in [0, 0.05) is 18.3 Å². The number of hydrogen-bond acceptors (Lipinski definition) is 1. The van der Waals surface area contributed by atoms with Crippen molar-refractivity contribution in [1.29, 1.82) is 0 Å². The highest BCUT2D eigenvalue weighted by atomic mass is 14.8. The van der Waals surface area contributed by atoms with Crippen molar-refractivity contribution in [1.82, 2.24) is 0 Å². The van der Waals surface area contributed by atoms with E-state index < -0.39 is 0 Å². The van der Waals surface area contributed by atoms with Gasteiger partial charge in [0.2, 0.25) is 0 Å². The molecule has 0 saturated heterocycles. The summed E-state index contributed by atoms with van der Waals surface area (Å²) in [6, 6.07) is 21.9. The van der Waals surface area contributed by atoms with Crippen LogP contribution in [0.2, 0.25) is 0 Å². The first-order valence-electron chi connectivity index (χ1n) is 8.75. The van der Waals surface area contributed by atoms with Crippen molar-refractivity contribution in [2.45, 2.75) is 20.8 Å². The molecule has 0 bridgehead atoms. The van der Waals surface area contributed by atoms with Gasteiger partial charge in [0.25, 0.3) is 0 Å². The molecule has 0 fully saturated rings. The lowest BCUT2D eigenvalue weighted by atomic mass is 9.89. The molecule has 0 aromatic heterocycles. The average molecular weight is 327 g/mol. The Morgan fingerprint density at radius 3 is 2.04 bits per heavy atom. The number of anilines is 1. The summed E-state index contributed by atoms with van der Waals surface area (Å²) >= 11 is 0. The molecule has 1 nitrogen and oxygen atoms in total. The molecule has 3 aromatic rings. The molecule has 1 N–H and O–H groups in total. The first-order chi connectivity index (χ1) is 12.1. The minimum Gasteiger partial charge on any atom is -0.387 e. The van der Waals surface area contributed by atoms with Crippen molar-refractivity contribution < 1.29 is 0 Å². The van der Waals surface area contributed by atoms with Gasteiger partial charge in [-0.1, -0.05) is 83.9 Å². The smallest absolute Gasteiger partial charge is 0.0497 e. The van der Waals surface area contributed by atoms with E-state index in [0.29, 0.717) is 0 Å². The molecule has 3 rings (SSSR count). The number of aryl methyl sites for hydroxylation is 2. The molecule has 0 aliphatic rings. The van der Waals surface area contributed by atoms with Crippen LogP contribution in [0.15, 0.2) is 66.7 Å². The third kappa shape index (κ3) is 3.51. The van der Waals surface area contributed by atoms with Crippen LogP contribution in [0.5, 0.6) is 0 Å². The molecule has 25 heavy (non-hydrogen) atoms. The summed E-state index contributed by atoms with van der Waals surface area (Å²) in [5, 5.41) is 3.44. The zero-order valence-corrected chi connectivity index (χ0v) is 15.4. The summed E-state index contributed by atoms with van der Waals surface area (Å²) in [6.07, 6.45) is 4.24. The zero-order valence-electron chi connectivity index (χ0n) is 15.4. The summed E-state index contributed by atoms with van der Waals surface area (Å²) in [6.45, 7) is 6.34. The van der Waals surface area contributed by atoms with Crippen molar-refractivity contribution in [2.75, 3.05) is 12.4 Å². The fourth-order valence-electron chi connectivity index (χ4n) is 3.36. The molecule has 1 heteroatoms. The van der Waals surface area contributed by atoms with Gasteiger partial charge < -0.3 is 5.32 Å². The van der Waals surface area contributed by atoms with Gasteiger partial charge in [-0.3, -0.25) is 0 Å². The van der Waals surface area contributed by atoms with Crippen LogP contribution in [0.1, 0.15) is 23.6 Å². The first-order valence-corrected chi connectivity index (χ1v) is 8.75. The van der Waals surface area contributed by atoms with Crippen molar-refractivity contribution in [2.24, 2.45) is 0 Å². The van der Waals surface area contributed by atoms with Gasteiger partial charge in [-0.05, 0) is 43.0 Å². The van der Waals surface area contributed by atoms with Crippen molar-refractivity contribution in [3.63, 3.8) is 0 Å². The summed E-state index contributed by atoms with van der Waals surface area (Å²) in [5.74, 6) is 0. The van der Waals surface area contributed by atoms with E-state index >= 15 is 0 Å². The predicted octanol–water partition coefficient (Wildman–Crippen LogP) is 6.71. The maximum Gasteiger partial charge on any atom is 0.0497 e. The summed E-state index contributed by atoms with van der Waals surface area (Å²) < 4.78 is 0. The van der Waals surface area contributed by atoms with E-state index in [1.165, 1.54) is 44.6 Å². The van der Waals surface area contributed by atoms with Crippen LogP contribution < -0.4 is 5.32 Å². The monoisotopic (exact) mass is 327 g/mol. The van der Waals surface area contributed by atoms with Crippen molar-refractivity contribution >= 4 is 11.8 Å². The summed E-state index contributed by atoms with van der Waals surface area (Å²) in [4.78, 5) is 0. The third-order valence-electron chi connectivity index (χ3n) is 4.47. The highest BCUT2D eigenvalue weighted by Gasteiger charge is 2.15. The normalized spacial score (nSPS) is 11.0. The summed E-state index contributed by atoms with van der Waals surface area (Å²) in [7, 11) is 2.00. The molecule has 126 valence electrons. The second-order valence-corrected chi connectivity index (χ2v) is 6.44. The van der Waals surface area contributed by atoms with Crippen molar-refractivity contribution in [3.05, 3.63) is 83.4 Å². The van der Waals surface area contributed by atoms with Crippen LogP contribution in [0, 0.1) is 13.8 Å². The lowest BCUT2D eigenvalue weighted by Crippen LogP contribution is -1.98. The maximum atomic E-state index is 3.44.